The number of carboxylic acids is 1. The van der Waals surface area contributed by atoms with Gasteiger partial charge in [0.25, 0.3) is 0 Å². The zero-order chi connectivity index (χ0) is 17.0. The molecule has 0 spiro atoms. The van der Waals surface area contributed by atoms with Crippen LogP contribution in [0.5, 0.6) is 0 Å². The molecule has 0 saturated carbocycles. The molecule has 120 valence electrons. The van der Waals surface area contributed by atoms with Gasteiger partial charge in [0.1, 0.15) is 17.1 Å². The summed E-state index contributed by atoms with van der Waals surface area (Å²) in [6.45, 7) is 5.30. The van der Waals surface area contributed by atoms with Gasteiger partial charge in [0.2, 0.25) is 0 Å². The molecular weight excluding hydrogens is 298 g/mol. The van der Waals surface area contributed by atoms with E-state index in [1.165, 1.54) is 12.3 Å². The van der Waals surface area contributed by atoms with Crippen molar-refractivity contribution in [3.05, 3.63) is 42.2 Å². The molecule has 0 aliphatic rings. The molecule has 0 radical (unpaired) electrons. The van der Waals surface area contributed by atoms with Crippen LogP contribution >= 0.6 is 0 Å². The fourth-order valence-corrected chi connectivity index (χ4v) is 1.74. The lowest BCUT2D eigenvalue weighted by molar-refractivity contribution is 0.0633. The quantitative estimate of drug-likeness (QED) is 0.902. The molecule has 0 unspecified atom stereocenters. The fraction of sp³-hybridized carbons (Fsp3) is 0.250. The number of amides is 1. The third-order valence-electron chi connectivity index (χ3n) is 2.66. The predicted molar refractivity (Wildman–Crippen MR) is 84.3 cm³/mol. The third-order valence-corrected chi connectivity index (χ3v) is 2.66. The summed E-state index contributed by atoms with van der Waals surface area (Å²) >= 11 is 0. The van der Waals surface area contributed by atoms with Gasteiger partial charge in [0.15, 0.2) is 0 Å². The molecule has 23 heavy (non-hydrogen) atoms. The highest BCUT2D eigenvalue weighted by atomic mass is 16.6. The van der Waals surface area contributed by atoms with Crippen molar-refractivity contribution >= 4 is 17.9 Å². The standard InChI is InChI=1S/C16H17N3O4/c1-16(2,3)23-15(22)19-13-8-7-10(9-17-13)11-5-4-6-12(18-11)14(20)21/h4-9H,1-3H3,(H,20,21)(H,17,19,22). The molecular formula is C16H17N3O4. The number of anilines is 1. The normalized spacial score (nSPS) is 10.9. The topological polar surface area (TPSA) is 101 Å². The molecule has 2 rings (SSSR count). The van der Waals surface area contributed by atoms with Crippen molar-refractivity contribution < 1.29 is 19.4 Å². The summed E-state index contributed by atoms with van der Waals surface area (Å²) < 4.78 is 5.13. The molecule has 2 aromatic heterocycles. The van der Waals surface area contributed by atoms with Crippen molar-refractivity contribution in [3.63, 3.8) is 0 Å². The number of carbonyl (C=O) groups is 2. The maximum atomic E-state index is 11.7. The summed E-state index contributed by atoms with van der Waals surface area (Å²) in [6, 6.07) is 7.99. The first-order valence-electron chi connectivity index (χ1n) is 6.91. The first-order chi connectivity index (χ1) is 10.7. The highest BCUT2D eigenvalue weighted by molar-refractivity contribution is 5.86. The van der Waals surface area contributed by atoms with Crippen molar-refractivity contribution in [2.24, 2.45) is 0 Å². The average molecular weight is 315 g/mol. The summed E-state index contributed by atoms with van der Waals surface area (Å²) in [4.78, 5) is 30.7. The van der Waals surface area contributed by atoms with Gasteiger partial charge in [-0.15, -0.1) is 0 Å². The minimum atomic E-state index is -1.09. The van der Waals surface area contributed by atoms with Crippen LogP contribution in [0.1, 0.15) is 31.3 Å². The number of rotatable bonds is 3. The Hall–Kier alpha value is -2.96. The van der Waals surface area contributed by atoms with Crippen molar-refractivity contribution in [3.8, 4) is 11.3 Å². The highest BCUT2D eigenvalue weighted by Gasteiger charge is 2.16. The summed E-state index contributed by atoms with van der Waals surface area (Å²) in [5, 5.41) is 11.5. The maximum Gasteiger partial charge on any atom is 0.413 e. The van der Waals surface area contributed by atoms with Crippen LogP contribution in [-0.4, -0.2) is 32.7 Å². The van der Waals surface area contributed by atoms with Crippen molar-refractivity contribution in [1.29, 1.82) is 0 Å². The zero-order valence-corrected chi connectivity index (χ0v) is 13.0. The van der Waals surface area contributed by atoms with E-state index in [1.807, 2.05) is 0 Å². The van der Waals surface area contributed by atoms with E-state index in [0.717, 1.165) is 0 Å². The highest BCUT2D eigenvalue weighted by Crippen LogP contribution is 2.18. The van der Waals surface area contributed by atoms with Crippen LogP contribution in [0.25, 0.3) is 11.3 Å². The Kier molecular flexibility index (Phi) is 4.59. The van der Waals surface area contributed by atoms with E-state index in [-0.39, 0.29) is 5.69 Å². The van der Waals surface area contributed by atoms with Crippen molar-refractivity contribution in [2.45, 2.75) is 26.4 Å². The van der Waals surface area contributed by atoms with E-state index in [2.05, 4.69) is 15.3 Å². The van der Waals surface area contributed by atoms with Crippen molar-refractivity contribution in [2.75, 3.05) is 5.32 Å². The molecule has 2 aromatic rings. The molecule has 0 bridgehead atoms. The largest absolute Gasteiger partial charge is 0.477 e. The number of carbonyl (C=O) groups excluding carboxylic acids is 1. The molecule has 0 aliphatic heterocycles. The van der Waals surface area contributed by atoms with E-state index in [4.69, 9.17) is 9.84 Å². The van der Waals surface area contributed by atoms with Crippen LogP contribution in [-0.2, 0) is 4.74 Å². The van der Waals surface area contributed by atoms with E-state index in [0.29, 0.717) is 17.1 Å². The number of pyridine rings is 2. The van der Waals surface area contributed by atoms with E-state index in [1.54, 1.807) is 45.0 Å². The molecule has 2 heterocycles. The van der Waals surface area contributed by atoms with Crippen molar-refractivity contribution in [1.82, 2.24) is 9.97 Å². The Bertz CT molecular complexity index is 721. The number of aromatic nitrogens is 2. The summed E-state index contributed by atoms with van der Waals surface area (Å²) in [5.74, 6) is -0.764. The van der Waals surface area contributed by atoms with Gasteiger partial charge in [-0.25, -0.2) is 19.6 Å². The Morgan fingerprint density at radius 3 is 2.48 bits per heavy atom. The zero-order valence-electron chi connectivity index (χ0n) is 13.0. The molecule has 2 N–H and O–H groups in total. The minimum absolute atomic E-state index is 0.0431. The van der Waals surface area contributed by atoms with Gasteiger partial charge in [-0.05, 0) is 45.0 Å². The lowest BCUT2D eigenvalue weighted by Gasteiger charge is -2.19. The molecule has 0 saturated heterocycles. The smallest absolute Gasteiger partial charge is 0.413 e. The number of nitrogens with one attached hydrogen (secondary N) is 1. The lowest BCUT2D eigenvalue weighted by Crippen LogP contribution is -2.27. The number of carboxylic acid groups (broad SMARTS) is 1. The molecule has 1 amide bonds. The second-order valence-electron chi connectivity index (χ2n) is 5.77. The lowest BCUT2D eigenvalue weighted by atomic mass is 10.2. The number of hydrogen-bond acceptors (Lipinski definition) is 5. The van der Waals surface area contributed by atoms with E-state index >= 15 is 0 Å². The fourth-order valence-electron chi connectivity index (χ4n) is 1.74. The monoisotopic (exact) mass is 315 g/mol. The van der Waals surface area contributed by atoms with Crippen LogP contribution in [0.4, 0.5) is 10.6 Å². The van der Waals surface area contributed by atoms with Gasteiger partial charge in [0, 0.05) is 11.8 Å². The first-order valence-corrected chi connectivity index (χ1v) is 6.91. The van der Waals surface area contributed by atoms with Crippen LogP contribution in [0.15, 0.2) is 36.5 Å². The van der Waals surface area contributed by atoms with Gasteiger partial charge in [0.05, 0.1) is 5.69 Å². The Morgan fingerprint density at radius 2 is 1.91 bits per heavy atom. The summed E-state index contributed by atoms with van der Waals surface area (Å²) in [6.07, 6.45) is 0.907. The van der Waals surface area contributed by atoms with Crippen LogP contribution in [0.2, 0.25) is 0 Å². The number of ether oxygens (including phenoxy) is 1. The molecule has 0 aliphatic carbocycles. The van der Waals surface area contributed by atoms with Gasteiger partial charge < -0.3 is 9.84 Å². The predicted octanol–water partition coefficient (Wildman–Crippen LogP) is 3.19. The second kappa shape index (κ2) is 6.43. The van der Waals surface area contributed by atoms with E-state index in [9.17, 15) is 9.59 Å². The second-order valence-corrected chi connectivity index (χ2v) is 5.77. The average Bonchev–Trinajstić information content (AvgIpc) is 2.46. The summed E-state index contributed by atoms with van der Waals surface area (Å²) in [5.41, 5.74) is 0.494. The van der Waals surface area contributed by atoms with Crippen LogP contribution < -0.4 is 5.32 Å². The van der Waals surface area contributed by atoms with Crippen LogP contribution in [0.3, 0.4) is 0 Å². The van der Waals surface area contributed by atoms with Crippen LogP contribution in [0, 0.1) is 0 Å². The number of aromatic carboxylic acids is 1. The Labute approximate surface area is 133 Å². The molecule has 0 atom stereocenters. The molecule has 7 nitrogen and oxygen atoms in total. The third kappa shape index (κ3) is 4.77. The first kappa shape index (κ1) is 16.4. The SMILES string of the molecule is CC(C)(C)OC(=O)Nc1ccc(-c2cccc(C(=O)O)n2)cn1. The Balaban J connectivity index is 2.12. The van der Waals surface area contributed by atoms with Gasteiger partial charge in [-0.2, -0.15) is 0 Å². The molecule has 7 heteroatoms. The number of hydrogen-bond donors (Lipinski definition) is 2. The van der Waals surface area contributed by atoms with E-state index < -0.39 is 17.7 Å². The van der Waals surface area contributed by atoms with Gasteiger partial charge >= 0.3 is 12.1 Å². The number of nitrogens with zero attached hydrogens (tertiary/aromatic N) is 2. The molecule has 0 aromatic carbocycles. The van der Waals surface area contributed by atoms with Gasteiger partial charge in [-0.1, -0.05) is 6.07 Å². The minimum Gasteiger partial charge on any atom is -0.477 e. The summed E-state index contributed by atoms with van der Waals surface area (Å²) in [7, 11) is 0. The molecule has 0 fully saturated rings. The van der Waals surface area contributed by atoms with Gasteiger partial charge in [-0.3, -0.25) is 5.32 Å². The Morgan fingerprint density at radius 1 is 1.17 bits per heavy atom. The maximum absolute atomic E-state index is 11.7.